The monoisotopic (exact) mass is 282 g/mol. The van der Waals surface area contributed by atoms with E-state index in [0.717, 1.165) is 13.1 Å². The summed E-state index contributed by atoms with van der Waals surface area (Å²) < 4.78 is 18.3. The van der Waals surface area contributed by atoms with E-state index < -0.39 is 0 Å². The van der Waals surface area contributed by atoms with Gasteiger partial charge in [-0.2, -0.15) is 4.98 Å². The second-order valence-electron chi connectivity index (χ2n) is 4.21. The Morgan fingerprint density at radius 1 is 1.32 bits per heavy atom. The van der Waals surface area contributed by atoms with Crippen molar-refractivity contribution in [3.8, 4) is 11.4 Å². The summed E-state index contributed by atoms with van der Waals surface area (Å²) in [5, 5.41) is 7.30. The second kappa shape index (κ2) is 5.14. The zero-order valence-corrected chi connectivity index (χ0v) is 10.8. The number of hydrogen-bond donors (Lipinski definition) is 1. The average Bonchev–Trinajstić information content (AvgIpc) is 2.89. The molecule has 1 fully saturated rings. The van der Waals surface area contributed by atoms with Gasteiger partial charge in [-0.1, -0.05) is 11.6 Å². The first-order chi connectivity index (χ1) is 9.24. The zero-order valence-electron chi connectivity index (χ0n) is 10.1. The molecule has 1 aliphatic rings. The van der Waals surface area contributed by atoms with Crippen molar-refractivity contribution in [1.82, 2.24) is 15.2 Å². The summed E-state index contributed by atoms with van der Waals surface area (Å²) in [6, 6.07) is 4.19. The summed E-state index contributed by atoms with van der Waals surface area (Å²) >= 11 is 6.00. The van der Waals surface area contributed by atoms with Gasteiger partial charge in [-0.25, -0.2) is 4.39 Å². The highest BCUT2D eigenvalue weighted by Gasteiger charge is 2.17. The van der Waals surface area contributed by atoms with Crippen molar-refractivity contribution in [3.63, 3.8) is 0 Å². The van der Waals surface area contributed by atoms with Crippen molar-refractivity contribution in [1.29, 1.82) is 0 Å². The van der Waals surface area contributed by atoms with Gasteiger partial charge in [-0.15, -0.1) is 5.10 Å². The first-order valence-electron chi connectivity index (χ1n) is 5.94. The number of anilines is 1. The molecule has 0 saturated carbocycles. The van der Waals surface area contributed by atoms with Crippen molar-refractivity contribution in [2.45, 2.75) is 0 Å². The summed E-state index contributed by atoms with van der Waals surface area (Å²) in [7, 11) is 0. The molecule has 1 aromatic carbocycles. The average molecular weight is 283 g/mol. The molecule has 19 heavy (non-hydrogen) atoms. The van der Waals surface area contributed by atoms with Crippen LogP contribution in [0.5, 0.6) is 0 Å². The van der Waals surface area contributed by atoms with E-state index in [4.69, 9.17) is 16.3 Å². The van der Waals surface area contributed by atoms with Crippen molar-refractivity contribution in [2.24, 2.45) is 0 Å². The number of aromatic nitrogens is 3. The standard InChI is InChI=1S/C12H12ClFN4O/c13-10-7-8(14)1-2-9(10)11-15-12(17-16-11)18-3-5-19-6-4-18/h1-2,7H,3-6H2,(H,15,16,17). The van der Waals surface area contributed by atoms with Gasteiger partial charge in [0, 0.05) is 18.7 Å². The highest BCUT2D eigenvalue weighted by molar-refractivity contribution is 6.33. The lowest BCUT2D eigenvalue weighted by atomic mass is 10.2. The number of H-pyrrole nitrogens is 1. The van der Waals surface area contributed by atoms with Gasteiger partial charge in [0.05, 0.1) is 18.2 Å². The van der Waals surface area contributed by atoms with Gasteiger partial charge in [-0.05, 0) is 18.2 Å². The maximum Gasteiger partial charge on any atom is 0.245 e. The number of morpholine rings is 1. The molecule has 2 aromatic rings. The lowest BCUT2D eigenvalue weighted by Gasteiger charge is -2.25. The molecule has 1 aromatic heterocycles. The van der Waals surface area contributed by atoms with Crippen molar-refractivity contribution in [2.75, 3.05) is 31.2 Å². The first-order valence-corrected chi connectivity index (χ1v) is 6.32. The topological polar surface area (TPSA) is 54.0 Å². The number of nitrogens with zero attached hydrogens (tertiary/aromatic N) is 3. The molecule has 0 unspecified atom stereocenters. The molecule has 0 amide bonds. The Kier molecular flexibility index (Phi) is 3.35. The molecule has 0 bridgehead atoms. The van der Waals surface area contributed by atoms with Crippen LogP contribution in [0.15, 0.2) is 18.2 Å². The number of ether oxygens (including phenoxy) is 1. The van der Waals surface area contributed by atoms with Gasteiger partial charge in [0.1, 0.15) is 5.82 Å². The highest BCUT2D eigenvalue weighted by atomic mass is 35.5. The number of benzene rings is 1. The number of nitrogens with one attached hydrogen (secondary N) is 1. The molecule has 0 radical (unpaired) electrons. The van der Waals surface area contributed by atoms with Gasteiger partial charge in [-0.3, -0.25) is 5.10 Å². The molecule has 3 rings (SSSR count). The van der Waals surface area contributed by atoms with Crippen molar-refractivity contribution >= 4 is 17.5 Å². The molecule has 2 heterocycles. The molecular weight excluding hydrogens is 271 g/mol. The Balaban J connectivity index is 1.87. The van der Waals surface area contributed by atoms with Crippen LogP contribution >= 0.6 is 11.6 Å². The summed E-state index contributed by atoms with van der Waals surface area (Å²) in [5.74, 6) is 0.770. The van der Waals surface area contributed by atoms with E-state index in [1.54, 1.807) is 6.07 Å². The third kappa shape index (κ3) is 2.54. The Morgan fingerprint density at radius 2 is 2.11 bits per heavy atom. The van der Waals surface area contributed by atoms with Crippen LogP contribution in [-0.2, 0) is 4.74 Å². The van der Waals surface area contributed by atoms with Crippen LogP contribution in [0.2, 0.25) is 5.02 Å². The number of halogens is 2. The van der Waals surface area contributed by atoms with Gasteiger partial charge in [0.2, 0.25) is 5.95 Å². The number of aromatic amines is 1. The number of rotatable bonds is 2. The fourth-order valence-corrected chi connectivity index (χ4v) is 2.22. The van der Waals surface area contributed by atoms with E-state index in [1.807, 2.05) is 4.90 Å². The van der Waals surface area contributed by atoms with Crippen LogP contribution < -0.4 is 4.90 Å². The molecule has 1 saturated heterocycles. The third-order valence-electron chi connectivity index (χ3n) is 2.95. The van der Waals surface area contributed by atoms with E-state index in [-0.39, 0.29) is 5.82 Å². The van der Waals surface area contributed by atoms with Gasteiger partial charge < -0.3 is 9.64 Å². The molecule has 100 valence electrons. The molecule has 1 N–H and O–H groups in total. The smallest absolute Gasteiger partial charge is 0.245 e. The predicted molar refractivity (Wildman–Crippen MR) is 69.8 cm³/mol. The van der Waals surface area contributed by atoms with E-state index in [0.29, 0.717) is 35.6 Å². The summed E-state index contributed by atoms with van der Waals surface area (Å²) in [4.78, 5) is 6.42. The van der Waals surface area contributed by atoms with Crippen molar-refractivity contribution in [3.05, 3.63) is 29.0 Å². The molecule has 0 aliphatic carbocycles. The fraction of sp³-hybridized carbons (Fsp3) is 0.333. The van der Waals surface area contributed by atoms with Crippen LogP contribution in [0.25, 0.3) is 11.4 Å². The summed E-state index contributed by atoms with van der Waals surface area (Å²) in [5.41, 5.74) is 0.634. The van der Waals surface area contributed by atoms with Crippen LogP contribution in [0.4, 0.5) is 10.3 Å². The maximum atomic E-state index is 13.0. The zero-order chi connectivity index (χ0) is 13.2. The Morgan fingerprint density at radius 3 is 2.84 bits per heavy atom. The second-order valence-corrected chi connectivity index (χ2v) is 4.61. The van der Waals surface area contributed by atoms with Gasteiger partial charge in [0.15, 0.2) is 5.82 Å². The first kappa shape index (κ1) is 12.4. The fourth-order valence-electron chi connectivity index (χ4n) is 1.96. The largest absolute Gasteiger partial charge is 0.378 e. The normalized spacial score (nSPS) is 15.8. The minimum Gasteiger partial charge on any atom is -0.378 e. The highest BCUT2D eigenvalue weighted by Crippen LogP contribution is 2.26. The number of hydrogen-bond acceptors (Lipinski definition) is 4. The molecular formula is C12H12ClFN4O. The van der Waals surface area contributed by atoms with Gasteiger partial charge in [0.25, 0.3) is 0 Å². The predicted octanol–water partition coefficient (Wildman–Crippen LogP) is 2.10. The minimum absolute atomic E-state index is 0.310. The SMILES string of the molecule is Fc1ccc(-c2nc(N3CCOCC3)n[nH]2)c(Cl)c1. The van der Waals surface area contributed by atoms with E-state index >= 15 is 0 Å². The van der Waals surface area contributed by atoms with E-state index in [9.17, 15) is 4.39 Å². The molecule has 7 heteroatoms. The van der Waals surface area contributed by atoms with Gasteiger partial charge >= 0.3 is 0 Å². The van der Waals surface area contributed by atoms with Crippen LogP contribution in [0, 0.1) is 5.82 Å². The maximum absolute atomic E-state index is 13.0. The Bertz CT molecular complexity index is 583. The van der Waals surface area contributed by atoms with Crippen LogP contribution in [0.3, 0.4) is 0 Å². The molecule has 5 nitrogen and oxygen atoms in total. The quantitative estimate of drug-likeness (QED) is 0.916. The van der Waals surface area contributed by atoms with Crippen LogP contribution in [0.1, 0.15) is 0 Å². The van der Waals surface area contributed by atoms with E-state index in [1.165, 1.54) is 12.1 Å². The van der Waals surface area contributed by atoms with Crippen molar-refractivity contribution < 1.29 is 9.13 Å². The Hall–Kier alpha value is -1.66. The Labute approximate surface area is 114 Å². The lowest BCUT2D eigenvalue weighted by Crippen LogP contribution is -2.36. The molecule has 0 spiro atoms. The van der Waals surface area contributed by atoms with Crippen LogP contribution in [-0.4, -0.2) is 41.5 Å². The minimum atomic E-state index is -0.373. The third-order valence-corrected chi connectivity index (χ3v) is 3.27. The van der Waals surface area contributed by atoms with E-state index in [2.05, 4.69) is 15.2 Å². The molecule has 1 aliphatic heterocycles. The lowest BCUT2D eigenvalue weighted by molar-refractivity contribution is 0.122. The molecule has 0 atom stereocenters. The summed E-state index contributed by atoms with van der Waals surface area (Å²) in [6.45, 7) is 2.85. The summed E-state index contributed by atoms with van der Waals surface area (Å²) in [6.07, 6.45) is 0.